The van der Waals surface area contributed by atoms with Crippen LogP contribution in [0.25, 0.3) is 16.7 Å². The first kappa shape index (κ1) is 19.2. The van der Waals surface area contributed by atoms with Gasteiger partial charge in [-0.15, -0.1) is 5.10 Å². The largest absolute Gasteiger partial charge is 0.479 e. The Labute approximate surface area is 176 Å². The normalized spacial score (nSPS) is 15.8. The van der Waals surface area contributed by atoms with Gasteiger partial charge in [-0.3, -0.25) is 0 Å². The van der Waals surface area contributed by atoms with Crippen molar-refractivity contribution in [2.75, 3.05) is 19.0 Å². The molecular weight excluding hydrogens is 405 g/mol. The van der Waals surface area contributed by atoms with Gasteiger partial charge in [-0.1, -0.05) is 0 Å². The van der Waals surface area contributed by atoms with E-state index in [1.165, 1.54) is 11.8 Å². The van der Waals surface area contributed by atoms with Gasteiger partial charge < -0.3 is 14.8 Å². The Morgan fingerprint density at radius 1 is 1.16 bits per heavy atom. The number of aryl methyl sites for hydroxylation is 2. The molecule has 1 atom stereocenters. The highest BCUT2D eigenvalue weighted by Crippen LogP contribution is 2.34. The Hall–Kier alpha value is -3.83. The Balaban J connectivity index is 1.66. The molecule has 12 heteroatoms. The SMILES string of the molecule is COc1nc(C)ncc1-n1nc2c(c1C)Nc1ncc3c(C)nn(c3n1)CC(F)CO2. The molecule has 1 aliphatic rings. The quantitative estimate of drug-likeness (QED) is 0.516. The van der Waals surface area contributed by atoms with Crippen molar-refractivity contribution in [3.05, 3.63) is 29.6 Å². The molecule has 0 saturated carbocycles. The predicted molar refractivity (Wildman–Crippen MR) is 109 cm³/mol. The number of hydrogen-bond acceptors (Lipinski definition) is 9. The number of aromatic nitrogens is 8. The fraction of sp³-hybridized carbons (Fsp3) is 0.368. The molecule has 5 heterocycles. The van der Waals surface area contributed by atoms with Crippen LogP contribution in [0.15, 0.2) is 12.4 Å². The van der Waals surface area contributed by atoms with Crippen LogP contribution in [0.2, 0.25) is 0 Å². The molecule has 1 aliphatic heterocycles. The summed E-state index contributed by atoms with van der Waals surface area (Å²) in [6.45, 7) is 5.25. The molecule has 0 spiro atoms. The molecule has 0 saturated heterocycles. The van der Waals surface area contributed by atoms with Gasteiger partial charge in [0.15, 0.2) is 11.8 Å². The molecular formula is C19H20FN9O2. The third kappa shape index (κ3) is 3.20. The van der Waals surface area contributed by atoms with Gasteiger partial charge >= 0.3 is 0 Å². The summed E-state index contributed by atoms with van der Waals surface area (Å²) in [4.78, 5) is 17.5. The Bertz CT molecular complexity index is 1300. The van der Waals surface area contributed by atoms with Crippen molar-refractivity contribution in [3.8, 4) is 17.4 Å². The van der Waals surface area contributed by atoms with Crippen LogP contribution >= 0.6 is 0 Å². The summed E-state index contributed by atoms with van der Waals surface area (Å²) in [5, 5.41) is 12.8. The lowest BCUT2D eigenvalue weighted by atomic mass is 10.3. The van der Waals surface area contributed by atoms with E-state index in [1.54, 1.807) is 24.0 Å². The van der Waals surface area contributed by atoms with Gasteiger partial charge in [-0.25, -0.2) is 23.7 Å². The Kier molecular flexibility index (Phi) is 4.41. The van der Waals surface area contributed by atoms with E-state index < -0.39 is 6.17 Å². The lowest BCUT2D eigenvalue weighted by Crippen LogP contribution is -2.20. The van der Waals surface area contributed by atoms with Crippen LogP contribution in [0.4, 0.5) is 16.0 Å². The van der Waals surface area contributed by atoms with E-state index in [-0.39, 0.29) is 19.0 Å². The molecule has 1 N–H and O–H groups in total. The second-order valence-corrected chi connectivity index (χ2v) is 7.22. The minimum Gasteiger partial charge on any atom is -0.479 e. The number of halogens is 1. The van der Waals surface area contributed by atoms with Crippen LogP contribution in [0.5, 0.6) is 11.8 Å². The number of nitrogens with zero attached hydrogens (tertiary/aromatic N) is 8. The minimum atomic E-state index is -1.31. The topological polar surface area (TPSA) is 118 Å². The standard InChI is InChI=1S/C19H20FN9O2/c1-9-13-5-22-19-24-15-10(2)29(14-6-21-11(3)23-17(14)30-4)27-18(15)31-8-12(20)7-28(26-9)16(13)25-19/h5-6,12H,7-8H2,1-4H3,(H,22,24,25). The highest BCUT2D eigenvalue weighted by Gasteiger charge is 2.24. The number of methoxy groups -OCH3 is 1. The van der Waals surface area contributed by atoms with Crippen molar-refractivity contribution in [2.45, 2.75) is 33.5 Å². The lowest BCUT2D eigenvalue weighted by molar-refractivity contribution is 0.171. The van der Waals surface area contributed by atoms with E-state index in [1.807, 2.05) is 13.8 Å². The Morgan fingerprint density at radius 3 is 2.81 bits per heavy atom. The van der Waals surface area contributed by atoms with Crippen molar-refractivity contribution < 1.29 is 13.9 Å². The van der Waals surface area contributed by atoms with Crippen LogP contribution < -0.4 is 14.8 Å². The van der Waals surface area contributed by atoms with E-state index in [2.05, 4.69) is 35.5 Å². The van der Waals surface area contributed by atoms with Crippen molar-refractivity contribution >= 4 is 22.7 Å². The summed E-state index contributed by atoms with van der Waals surface area (Å²) >= 11 is 0. The number of alkyl halides is 1. The molecule has 11 nitrogen and oxygen atoms in total. The maximum Gasteiger partial charge on any atom is 0.257 e. The number of anilines is 2. The zero-order valence-corrected chi connectivity index (χ0v) is 17.4. The average molecular weight is 425 g/mol. The molecule has 0 aliphatic carbocycles. The molecule has 4 aromatic heterocycles. The minimum absolute atomic E-state index is 0.00937. The fourth-order valence-corrected chi connectivity index (χ4v) is 3.51. The monoisotopic (exact) mass is 425 g/mol. The smallest absolute Gasteiger partial charge is 0.257 e. The molecule has 5 rings (SSSR count). The second kappa shape index (κ2) is 7.15. The van der Waals surface area contributed by atoms with Crippen molar-refractivity contribution in [3.63, 3.8) is 0 Å². The van der Waals surface area contributed by atoms with Crippen molar-refractivity contribution in [1.29, 1.82) is 0 Å². The third-order valence-corrected chi connectivity index (χ3v) is 5.04. The maximum atomic E-state index is 14.7. The number of rotatable bonds is 2. The van der Waals surface area contributed by atoms with Gasteiger partial charge in [0, 0.05) is 6.20 Å². The highest BCUT2D eigenvalue weighted by molar-refractivity contribution is 5.79. The number of hydrogen-bond donors (Lipinski definition) is 1. The molecule has 1 unspecified atom stereocenters. The van der Waals surface area contributed by atoms with Crippen LogP contribution in [0, 0.1) is 20.8 Å². The number of ether oxygens (including phenoxy) is 2. The molecule has 0 amide bonds. The van der Waals surface area contributed by atoms with Crippen molar-refractivity contribution in [1.82, 2.24) is 39.5 Å². The summed E-state index contributed by atoms with van der Waals surface area (Å²) < 4.78 is 29.0. The van der Waals surface area contributed by atoms with Crippen LogP contribution in [0.1, 0.15) is 17.2 Å². The van der Waals surface area contributed by atoms with E-state index in [4.69, 9.17) is 9.47 Å². The summed E-state index contributed by atoms with van der Waals surface area (Å²) in [5.74, 6) is 1.46. The maximum absolute atomic E-state index is 14.7. The summed E-state index contributed by atoms with van der Waals surface area (Å²) in [6, 6.07) is 0. The lowest BCUT2D eigenvalue weighted by Gasteiger charge is -2.10. The molecule has 31 heavy (non-hydrogen) atoms. The van der Waals surface area contributed by atoms with Gasteiger partial charge in [-0.05, 0) is 20.8 Å². The number of fused-ring (bicyclic) bond motifs is 2. The van der Waals surface area contributed by atoms with Gasteiger partial charge in [0.05, 0.1) is 36.6 Å². The van der Waals surface area contributed by atoms with Gasteiger partial charge in [0.25, 0.3) is 5.88 Å². The summed E-state index contributed by atoms with van der Waals surface area (Å²) in [7, 11) is 1.52. The first-order chi connectivity index (χ1) is 14.9. The summed E-state index contributed by atoms with van der Waals surface area (Å²) in [5.41, 5.74) is 3.00. The van der Waals surface area contributed by atoms with E-state index >= 15 is 0 Å². The number of nitrogens with one attached hydrogen (secondary N) is 1. The third-order valence-electron chi connectivity index (χ3n) is 5.04. The van der Waals surface area contributed by atoms with E-state index in [0.717, 1.165) is 11.1 Å². The molecule has 2 bridgehead atoms. The van der Waals surface area contributed by atoms with E-state index in [9.17, 15) is 4.39 Å². The van der Waals surface area contributed by atoms with Crippen LogP contribution in [-0.4, -0.2) is 59.4 Å². The first-order valence-corrected chi connectivity index (χ1v) is 9.66. The molecule has 0 fully saturated rings. The zero-order chi connectivity index (χ0) is 21.7. The van der Waals surface area contributed by atoms with Gasteiger partial charge in [0.1, 0.15) is 23.8 Å². The van der Waals surface area contributed by atoms with Crippen LogP contribution in [0.3, 0.4) is 0 Å². The summed E-state index contributed by atoms with van der Waals surface area (Å²) in [6.07, 6.45) is 1.97. The first-order valence-electron chi connectivity index (χ1n) is 9.66. The fourth-order valence-electron chi connectivity index (χ4n) is 3.51. The van der Waals surface area contributed by atoms with Crippen LogP contribution in [-0.2, 0) is 6.54 Å². The van der Waals surface area contributed by atoms with Crippen molar-refractivity contribution in [2.24, 2.45) is 0 Å². The van der Waals surface area contributed by atoms with E-state index in [0.29, 0.717) is 40.4 Å². The van der Waals surface area contributed by atoms with Gasteiger partial charge in [0.2, 0.25) is 11.8 Å². The predicted octanol–water partition coefficient (Wildman–Crippen LogP) is 2.21. The molecule has 4 aromatic rings. The average Bonchev–Trinajstić information content (AvgIpc) is 3.22. The Morgan fingerprint density at radius 2 is 2.00 bits per heavy atom. The molecule has 0 radical (unpaired) electrons. The molecule has 0 aromatic carbocycles. The highest BCUT2D eigenvalue weighted by atomic mass is 19.1. The second-order valence-electron chi connectivity index (χ2n) is 7.22. The zero-order valence-electron chi connectivity index (χ0n) is 17.4. The van der Waals surface area contributed by atoms with Gasteiger partial charge in [-0.2, -0.15) is 15.1 Å². The molecule has 160 valence electrons.